The zero-order valence-electron chi connectivity index (χ0n) is 19.4. The van der Waals surface area contributed by atoms with Gasteiger partial charge in [-0.15, -0.1) is 0 Å². The van der Waals surface area contributed by atoms with Crippen molar-refractivity contribution in [3.05, 3.63) is 82.2 Å². The topological polar surface area (TPSA) is 111 Å². The van der Waals surface area contributed by atoms with Crippen LogP contribution in [0.15, 0.2) is 59.9 Å². The lowest BCUT2D eigenvalue weighted by atomic mass is 10.1. The van der Waals surface area contributed by atoms with E-state index >= 15 is 0 Å². The van der Waals surface area contributed by atoms with Gasteiger partial charge >= 0.3 is 11.9 Å². The average Bonchev–Trinajstić information content (AvgIpc) is 2.81. The molecular weight excluding hydrogens is 436 g/mol. The second kappa shape index (κ2) is 12.5. The van der Waals surface area contributed by atoms with Crippen LogP contribution < -0.4 is 10.6 Å². The molecule has 0 atom stereocenters. The molecule has 34 heavy (non-hydrogen) atoms. The maximum atomic E-state index is 11.9. The van der Waals surface area contributed by atoms with Crippen LogP contribution in [0, 0.1) is 0 Å². The van der Waals surface area contributed by atoms with E-state index in [1.807, 2.05) is 48.6 Å². The third-order valence-electron chi connectivity index (χ3n) is 4.34. The Hall–Kier alpha value is -4.46. The molecule has 0 heterocycles. The molecule has 0 aliphatic heterocycles. The van der Waals surface area contributed by atoms with Crippen molar-refractivity contribution >= 4 is 48.1 Å². The van der Waals surface area contributed by atoms with Gasteiger partial charge in [0, 0.05) is 13.8 Å². The van der Waals surface area contributed by atoms with Crippen LogP contribution in [0.4, 0.5) is 0 Å². The molecule has 2 aromatic carbocycles. The van der Waals surface area contributed by atoms with E-state index in [9.17, 15) is 19.2 Å². The molecule has 2 N–H and O–H groups in total. The van der Waals surface area contributed by atoms with Gasteiger partial charge in [0.25, 0.3) is 0 Å². The van der Waals surface area contributed by atoms with E-state index in [1.165, 1.54) is 40.2 Å². The first-order valence-electron chi connectivity index (χ1n) is 10.2. The average molecular weight is 463 g/mol. The van der Waals surface area contributed by atoms with Crippen LogP contribution in [-0.4, -0.2) is 38.0 Å². The summed E-state index contributed by atoms with van der Waals surface area (Å²) in [7, 11) is 2.48. The van der Waals surface area contributed by atoms with E-state index in [1.54, 1.807) is 12.1 Å². The summed E-state index contributed by atoms with van der Waals surface area (Å²) in [4.78, 5) is 46.5. The maximum absolute atomic E-state index is 11.9. The summed E-state index contributed by atoms with van der Waals surface area (Å²) in [5.41, 5.74) is 3.19. The van der Waals surface area contributed by atoms with Gasteiger partial charge in [0.1, 0.15) is 11.4 Å². The Morgan fingerprint density at radius 2 is 1.00 bits per heavy atom. The number of ether oxygens (including phenoxy) is 2. The molecule has 8 heteroatoms. The number of rotatable bonds is 8. The van der Waals surface area contributed by atoms with Gasteiger partial charge < -0.3 is 20.1 Å². The van der Waals surface area contributed by atoms with E-state index in [4.69, 9.17) is 9.47 Å². The monoisotopic (exact) mass is 462 g/mol. The van der Waals surface area contributed by atoms with Crippen molar-refractivity contribution in [1.82, 2.24) is 10.6 Å². The Morgan fingerprint density at radius 3 is 1.32 bits per heavy atom. The van der Waals surface area contributed by atoms with Crippen molar-refractivity contribution in [2.24, 2.45) is 0 Å². The lowest BCUT2D eigenvalue weighted by molar-refractivity contribution is -0.138. The SMILES string of the molecule is COC(=O)/C(=C\c1cccc(/C=C/c2cccc(/C=C(/NC(C)=O)C(=O)OC)c2)c1)NC(C)=O. The second-order valence-corrected chi connectivity index (χ2v) is 7.14. The second-order valence-electron chi connectivity index (χ2n) is 7.14. The number of hydrogen-bond donors (Lipinski definition) is 2. The first-order chi connectivity index (χ1) is 16.2. The number of benzene rings is 2. The van der Waals surface area contributed by atoms with Crippen LogP contribution in [0.1, 0.15) is 36.1 Å². The molecule has 0 aliphatic rings. The van der Waals surface area contributed by atoms with Crippen molar-refractivity contribution in [2.75, 3.05) is 14.2 Å². The number of carbonyl (C=O) groups is 4. The van der Waals surface area contributed by atoms with E-state index in [-0.39, 0.29) is 23.2 Å². The zero-order valence-corrected chi connectivity index (χ0v) is 19.4. The molecule has 0 spiro atoms. The predicted molar refractivity (Wildman–Crippen MR) is 129 cm³/mol. The van der Waals surface area contributed by atoms with Crippen LogP contribution in [0.25, 0.3) is 24.3 Å². The number of methoxy groups -OCH3 is 2. The smallest absolute Gasteiger partial charge is 0.354 e. The Balaban J connectivity index is 2.29. The molecule has 0 fully saturated rings. The minimum Gasteiger partial charge on any atom is -0.464 e. The highest BCUT2D eigenvalue weighted by atomic mass is 16.5. The van der Waals surface area contributed by atoms with Crippen molar-refractivity contribution in [3.8, 4) is 0 Å². The minimum absolute atomic E-state index is 0.0381. The molecular formula is C26H26N2O6. The van der Waals surface area contributed by atoms with Crippen molar-refractivity contribution in [2.45, 2.75) is 13.8 Å². The number of amides is 2. The van der Waals surface area contributed by atoms with Crippen molar-refractivity contribution in [1.29, 1.82) is 0 Å². The molecule has 8 nitrogen and oxygen atoms in total. The van der Waals surface area contributed by atoms with E-state index in [2.05, 4.69) is 10.6 Å². The molecule has 0 bridgehead atoms. The van der Waals surface area contributed by atoms with Crippen LogP contribution >= 0.6 is 0 Å². The largest absolute Gasteiger partial charge is 0.464 e. The first kappa shape index (κ1) is 25.8. The molecule has 0 aliphatic carbocycles. The zero-order chi connectivity index (χ0) is 25.1. The summed E-state index contributed by atoms with van der Waals surface area (Å²) in [6.07, 6.45) is 6.83. The summed E-state index contributed by atoms with van der Waals surface area (Å²) in [5.74, 6) is -2.05. The molecule has 0 aromatic heterocycles. The van der Waals surface area contributed by atoms with Crippen molar-refractivity contribution < 1.29 is 28.7 Å². The van der Waals surface area contributed by atoms with Gasteiger partial charge in [0.2, 0.25) is 11.8 Å². The van der Waals surface area contributed by atoms with E-state index in [0.29, 0.717) is 11.1 Å². The molecule has 0 radical (unpaired) electrons. The normalized spacial score (nSPS) is 11.6. The third-order valence-corrected chi connectivity index (χ3v) is 4.34. The Kier molecular flexibility index (Phi) is 9.52. The van der Waals surface area contributed by atoms with Crippen LogP contribution in [-0.2, 0) is 28.7 Å². The molecule has 0 unspecified atom stereocenters. The molecule has 2 rings (SSSR count). The highest BCUT2D eigenvalue weighted by Crippen LogP contribution is 2.15. The van der Waals surface area contributed by atoms with Gasteiger partial charge in [-0.1, -0.05) is 48.6 Å². The highest BCUT2D eigenvalue weighted by Gasteiger charge is 2.12. The molecule has 176 valence electrons. The predicted octanol–water partition coefficient (Wildman–Crippen LogP) is 3.16. The first-order valence-corrected chi connectivity index (χ1v) is 10.2. The molecule has 2 amide bonds. The number of carbonyl (C=O) groups excluding carboxylic acids is 4. The lowest BCUT2D eigenvalue weighted by Gasteiger charge is -2.07. The summed E-state index contributed by atoms with van der Waals surface area (Å²) in [6.45, 7) is 2.62. The van der Waals surface area contributed by atoms with Gasteiger partial charge in [-0.2, -0.15) is 0 Å². The quantitative estimate of drug-likeness (QED) is 0.354. The lowest BCUT2D eigenvalue weighted by Crippen LogP contribution is -2.25. The Bertz CT molecular complexity index is 1090. The van der Waals surface area contributed by atoms with Gasteiger partial charge in [-0.25, -0.2) is 9.59 Å². The molecule has 0 saturated heterocycles. The number of nitrogens with one attached hydrogen (secondary N) is 2. The van der Waals surface area contributed by atoms with Gasteiger partial charge in [0.05, 0.1) is 14.2 Å². The summed E-state index contributed by atoms with van der Waals surface area (Å²) in [5, 5.41) is 4.93. The van der Waals surface area contributed by atoms with Crippen LogP contribution in [0.3, 0.4) is 0 Å². The van der Waals surface area contributed by atoms with Gasteiger partial charge in [-0.05, 0) is 46.5 Å². The third kappa shape index (κ3) is 8.23. The fraction of sp³-hybridized carbons (Fsp3) is 0.154. The van der Waals surface area contributed by atoms with Crippen molar-refractivity contribution in [3.63, 3.8) is 0 Å². The summed E-state index contributed by atoms with van der Waals surface area (Å²) < 4.78 is 9.42. The highest BCUT2D eigenvalue weighted by molar-refractivity contribution is 5.98. The summed E-state index contributed by atoms with van der Waals surface area (Å²) in [6, 6.07) is 14.7. The van der Waals surface area contributed by atoms with Crippen LogP contribution in [0.2, 0.25) is 0 Å². The van der Waals surface area contributed by atoms with E-state index in [0.717, 1.165) is 11.1 Å². The summed E-state index contributed by atoms with van der Waals surface area (Å²) >= 11 is 0. The van der Waals surface area contributed by atoms with Gasteiger partial charge in [0.15, 0.2) is 0 Å². The fourth-order valence-corrected chi connectivity index (χ4v) is 2.92. The molecule has 0 saturated carbocycles. The van der Waals surface area contributed by atoms with Gasteiger partial charge in [-0.3, -0.25) is 9.59 Å². The van der Waals surface area contributed by atoms with E-state index < -0.39 is 11.9 Å². The fourth-order valence-electron chi connectivity index (χ4n) is 2.92. The Morgan fingerprint density at radius 1 is 0.647 bits per heavy atom. The maximum Gasteiger partial charge on any atom is 0.354 e. The standard InChI is InChI=1S/C26H26N2O6/c1-17(29)27-23(25(31)33-3)15-21-9-5-7-19(13-21)11-12-20-8-6-10-22(14-20)16-24(26(32)34-4)28-18(2)30/h5-16H,1-4H3,(H,27,29)(H,28,30)/b12-11+,23-15+,24-16+. The number of hydrogen-bond acceptors (Lipinski definition) is 6. The minimum atomic E-state index is -0.647. The van der Waals surface area contributed by atoms with Crippen LogP contribution in [0.5, 0.6) is 0 Å². The number of esters is 2. The Labute approximate surface area is 198 Å². The molecule has 2 aromatic rings.